The molecule has 0 aliphatic heterocycles. The first-order chi connectivity index (χ1) is 9.21. The van der Waals surface area contributed by atoms with Crippen molar-refractivity contribution < 1.29 is 9.22 Å². The van der Waals surface area contributed by atoms with Crippen molar-refractivity contribution in [2.24, 2.45) is 23.7 Å². The van der Waals surface area contributed by atoms with E-state index in [2.05, 4.69) is 46.0 Å². The van der Waals surface area contributed by atoms with Crippen molar-refractivity contribution in [2.75, 3.05) is 0 Å². The Kier molecular flexibility index (Phi) is 3.30. The van der Waals surface area contributed by atoms with Gasteiger partial charge in [-0.3, -0.25) is 4.79 Å². The van der Waals surface area contributed by atoms with Crippen LogP contribution in [0.4, 0.5) is 0 Å². The van der Waals surface area contributed by atoms with Gasteiger partial charge in [0.25, 0.3) is 0 Å². The summed E-state index contributed by atoms with van der Waals surface area (Å²) in [5.74, 6) is 2.36. The number of carbonyl (C=O) groups is 1. The van der Waals surface area contributed by atoms with Crippen LogP contribution in [0.15, 0.2) is 12.2 Å². The number of allylic oxidation sites excluding steroid dienone is 2. The minimum absolute atomic E-state index is 0.247. The maximum absolute atomic E-state index is 12.3. The summed E-state index contributed by atoms with van der Waals surface area (Å²) in [5.41, 5.74) is 0. The molecule has 2 saturated carbocycles. The van der Waals surface area contributed by atoms with Crippen LogP contribution in [-0.2, 0) is 9.22 Å². The monoisotopic (exact) mass is 292 g/mol. The molecule has 0 aromatic heterocycles. The van der Waals surface area contributed by atoms with Gasteiger partial charge in [0.15, 0.2) is 8.32 Å². The second-order valence-corrected chi connectivity index (χ2v) is 13.2. The minimum Gasteiger partial charge on any atom is -0.414 e. The van der Waals surface area contributed by atoms with Crippen LogP contribution in [-0.4, -0.2) is 20.2 Å². The van der Waals surface area contributed by atoms with Gasteiger partial charge in [0.05, 0.1) is 0 Å². The molecule has 2 bridgehead atoms. The van der Waals surface area contributed by atoms with Gasteiger partial charge in [0, 0.05) is 24.4 Å². The number of fused-ring (bicyclic) bond motifs is 5. The first-order valence-electron chi connectivity index (χ1n) is 8.09. The van der Waals surface area contributed by atoms with Gasteiger partial charge in [-0.2, -0.15) is 0 Å². The number of rotatable bonds is 2. The highest BCUT2D eigenvalue weighted by atomic mass is 28.4. The number of carbonyl (C=O) groups excluding carboxylic acids is 1. The Hall–Kier alpha value is -0.413. The molecule has 0 aromatic rings. The van der Waals surface area contributed by atoms with Gasteiger partial charge < -0.3 is 4.43 Å². The van der Waals surface area contributed by atoms with Crippen LogP contribution in [0.3, 0.4) is 0 Å². The molecule has 3 heteroatoms. The van der Waals surface area contributed by atoms with Gasteiger partial charge in [-0.25, -0.2) is 0 Å². The maximum Gasteiger partial charge on any atom is 0.192 e. The van der Waals surface area contributed by atoms with Crippen molar-refractivity contribution in [2.45, 2.75) is 64.3 Å². The predicted molar refractivity (Wildman–Crippen MR) is 84.0 cm³/mol. The maximum atomic E-state index is 12.3. The van der Waals surface area contributed by atoms with Crippen molar-refractivity contribution in [3.63, 3.8) is 0 Å². The summed E-state index contributed by atoms with van der Waals surface area (Å²) in [6, 6.07) is 0. The van der Waals surface area contributed by atoms with Gasteiger partial charge in [0.2, 0.25) is 0 Å². The van der Waals surface area contributed by atoms with Crippen molar-refractivity contribution in [3.05, 3.63) is 12.2 Å². The zero-order valence-corrected chi connectivity index (χ0v) is 14.5. The average Bonchev–Trinajstić information content (AvgIpc) is 2.92. The first kappa shape index (κ1) is 14.5. The SMILES string of the molecule is CC(C)(C)[Si](C)(C)O[C@H]1CCC(=O)[C@@H]2[C@H]1[C@@H]1C=C[C@H]2C1. The Balaban J connectivity index is 1.81. The fourth-order valence-electron chi connectivity index (χ4n) is 4.16. The minimum atomic E-state index is -1.74. The average molecular weight is 292 g/mol. The Labute approximate surface area is 124 Å². The molecule has 0 saturated heterocycles. The molecule has 0 amide bonds. The second kappa shape index (κ2) is 4.54. The molecular formula is C17H28O2Si. The van der Waals surface area contributed by atoms with Crippen LogP contribution in [0.25, 0.3) is 0 Å². The van der Waals surface area contributed by atoms with Gasteiger partial charge >= 0.3 is 0 Å². The lowest BCUT2D eigenvalue weighted by Crippen LogP contribution is -2.50. The molecule has 0 aromatic carbocycles. The number of ketones is 1. The zero-order chi connectivity index (χ0) is 14.7. The molecule has 0 N–H and O–H groups in total. The van der Waals surface area contributed by atoms with Crippen molar-refractivity contribution in [1.82, 2.24) is 0 Å². The third-order valence-electron chi connectivity index (χ3n) is 6.25. The van der Waals surface area contributed by atoms with E-state index < -0.39 is 8.32 Å². The first-order valence-corrected chi connectivity index (χ1v) is 11.0. The molecular weight excluding hydrogens is 264 g/mol. The molecule has 0 unspecified atom stereocenters. The molecule has 3 rings (SSSR count). The van der Waals surface area contributed by atoms with Gasteiger partial charge in [-0.15, -0.1) is 0 Å². The van der Waals surface area contributed by atoms with E-state index >= 15 is 0 Å². The molecule has 5 atom stereocenters. The molecule has 20 heavy (non-hydrogen) atoms. The van der Waals surface area contributed by atoms with Crippen LogP contribution < -0.4 is 0 Å². The van der Waals surface area contributed by atoms with Gasteiger partial charge in [-0.1, -0.05) is 32.9 Å². The van der Waals surface area contributed by atoms with E-state index in [0.717, 1.165) is 12.8 Å². The predicted octanol–water partition coefficient (Wildman–Crippen LogP) is 4.18. The van der Waals surface area contributed by atoms with E-state index in [9.17, 15) is 4.79 Å². The standard InChI is InChI=1S/C17H28O2Si/c1-17(2,3)20(4,5)19-14-9-8-13(18)15-11-6-7-12(10-11)16(14)15/h6-7,11-12,14-16H,8-10H2,1-5H3/t11-,12+,14-,15+,16-/m0/s1. The highest BCUT2D eigenvalue weighted by Crippen LogP contribution is 2.54. The third kappa shape index (κ3) is 2.14. The van der Waals surface area contributed by atoms with E-state index in [-0.39, 0.29) is 11.0 Å². The lowest BCUT2D eigenvalue weighted by Gasteiger charge is -2.45. The van der Waals surface area contributed by atoms with Crippen molar-refractivity contribution in [1.29, 1.82) is 0 Å². The zero-order valence-electron chi connectivity index (χ0n) is 13.5. The largest absolute Gasteiger partial charge is 0.414 e. The fraction of sp³-hybridized carbons (Fsp3) is 0.824. The normalized spacial score (nSPS) is 40.2. The Morgan fingerprint density at radius 3 is 2.50 bits per heavy atom. The van der Waals surface area contributed by atoms with E-state index in [4.69, 9.17) is 4.43 Å². The Morgan fingerprint density at radius 2 is 1.85 bits per heavy atom. The van der Waals surface area contributed by atoms with Crippen LogP contribution >= 0.6 is 0 Å². The lowest BCUT2D eigenvalue weighted by molar-refractivity contribution is -0.131. The van der Waals surface area contributed by atoms with Crippen LogP contribution in [0, 0.1) is 23.7 Å². The Bertz CT molecular complexity index is 446. The second-order valence-electron chi connectivity index (χ2n) is 8.47. The highest BCUT2D eigenvalue weighted by Gasteiger charge is 2.54. The van der Waals surface area contributed by atoms with Gasteiger partial charge in [-0.05, 0) is 42.8 Å². The molecule has 0 spiro atoms. The molecule has 2 fully saturated rings. The molecule has 0 radical (unpaired) electrons. The number of hydrogen-bond acceptors (Lipinski definition) is 2. The molecule has 3 aliphatic rings. The number of Topliss-reactive ketones (excluding diaryl/α,β-unsaturated/α-hetero) is 1. The van der Waals surface area contributed by atoms with Crippen LogP contribution in [0.1, 0.15) is 40.0 Å². The molecule has 0 heterocycles. The van der Waals surface area contributed by atoms with E-state index in [1.807, 2.05) is 0 Å². The Morgan fingerprint density at radius 1 is 1.20 bits per heavy atom. The summed E-state index contributed by atoms with van der Waals surface area (Å²) < 4.78 is 6.71. The molecule has 3 aliphatic carbocycles. The topological polar surface area (TPSA) is 26.3 Å². The summed E-state index contributed by atoms with van der Waals surface area (Å²) >= 11 is 0. The summed E-state index contributed by atoms with van der Waals surface area (Å²) in [7, 11) is -1.74. The smallest absolute Gasteiger partial charge is 0.192 e. The summed E-state index contributed by atoms with van der Waals surface area (Å²) in [6.07, 6.45) is 7.84. The summed E-state index contributed by atoms with van der Waals surface area (Å²) in [4.78, 5) is 12.3. The summed E-state index contributed by atoms with van der Waals surface area (Å²) in [5, 5.41) is 0.247. The number of hydrogen-bond donors (Lipinski definition) is 0. The van der Waals surface area contributed by atoms with Crippen molar-refractivity contribution >= 4 is 14.1 Å². The lowest BCUT2D eigenvalue weighted by atomic mass is 9.71. The quantitative estimate of drug-likeness (QED) is 0.564. The van der Waals surface area contributed by atoms with Crippen LogP contribution in [0.2, 0.25) is 18.1 Å². The fourth-order valence-corrected chi connectivity index (χ4v) is 5.54. The van der Waals surface area contributed by atoms with Crippen molar-refractivity contribution in [3.8, 4) is 0 Å². The summed E-state index contributed by atoms with van der Waals surface area (Å²) in [6.45, 7) is 11.6. The van der Waals surface area contributed by atoms with E-state index in [1.165, 1.54) is 6.42 Å². The molecule has 112 valence electrons. The molecule has 2 nitrogen and oxygen atoms in total. The van der Waals surface area contributed by atoms with Gasteiger partial charge in [0.1, 0.15) is 5.78 Å². The highest BCUT2D eigenvalue weighted by molar-refractivity contribution is 6.74. The third-order valence-corrected chi connectivity index (χ3v) is 10.8. The van der Waals surface area contributed by atoms with E-state index in [0.29, 0.717) is 29.6 Å². The van der Waals surface area contributed by atoms with Crippen LogP contribution in [0.5, 0.6) is 0 Å². The van der Waals surface area contributed by atoms with E-state index in [1.54, 1.807) is 0 Å².